The summed E-state index contributed by atoms with van der Waals surface area (Å²) in [6.07, 6.45) is 6.86. The second kappa shape index (κ2) is 8.52. The Morgan fingerprint density at radius 1 is 1.07 bits per heavy atom. The van der Waals surface area contributed by atoms with Gasteiger partial charge in [-0.3, -0.25) is 9.78 Å². The Hall–Kier alpha value is -3.41. The monoisotopic (exact) mass is 374 g/mol. The molecule has 2 heterocycles. The van der Waals surface area contributed by atoms with Crippen molar-refractivity contribution in [3.63, 3.8) is 0 Å². The van der Waals surface area contributed by atoms with E-state index in [1.54, 1.807) is 18.6 Å². The maximum atomic E-state index is 12.9. The van der Waals surface area contributed by atoms with Crippen LogP contribution in [0, 0.1) is 5.92 Å². The Morgan fingerprint density at radius 2 is 1.89 bits per heavy atom. The van der Waals surface area contributed by atoms with Crippen molar-refractivity contribution in [2.24, 2.45) is 5.92 Å². The summed E-state index contributed by atoms with van der Waals surface area (Å²) < 4.78 is 5.94. The maximum absolute atomic E-state index is 12.9. The molecular weight excluding hydrogens is 352 g/mol. The van der Waals surface area contributed by atoms with E-state index in [9.17, 15) is 4.79 Å². The molecule has 0 radical (unpaired) electrons. The lowest BCUT2D eigenvalue weighted by atomic mass is 9.97. The standard InChI is InChI=1S/C22H22N4O2/c27-22(17-7-6-14-26(16-17)21-15-23-12-13-24-21)25-19-10-4-5-11-20(19)28-18-8-2-1-3-9-18/h1-5,8-13,15,17H,6-7,14,16H2,(H,25,27)/t17-/m1/s1. The number of benzene rings is 2. The van der Waals surface area contributed by atoms with E-state index in [-0.39, 0.29) is 11.8 Å². The number of nitrogens with zero attached hydrogens (tertiary/aromatic N) is 3. The minimum absolute atomic E-state index is 0.00213. The summed E-state index contributed by atoms with van der Waals surface area (Å²) in [5.74, 6) is 2.06. The number of anilines is 2. The van der Waals surface area contributed by atoms with Crippen molar-refractivity contribution in [2.75, 3.05) is 23.3 Å². The second-order valence-electron chi connectivity index (χ2n) is 6.75. The van der Waals surface area contributed by atoms with E-state index in [1.165, 1.54) is 0 Å². The van der Waals surface area contributed by atoms with Gasteiger partial charge in [0.2, 0.25) is 5.91 Å². The van der Waals surface area contributed by atoms with Gasteiger partial charge < -0.3 is 15.0 Å². The molecule has 0 spiro atoms. The topological polar surface area (TPSA) is 67.3 Å². The van der Waals surface area contributed by atoms with Gasteiger partial charge in [0.25, 0.3) is 0 Å². The number of piperidine rings is 1. The molecule has 1 amide bonds. The molecule has 1 aromatic heterocycles. The molecule has 142 valence electrons. The highest BCUT2D eigenvalue weighted by Crippen LogP contribution is 2.30. The van der Waals surface area contributed by atoms with E-state index in [1.807, 2.05) is 54.6 Å². The van der Waals surface area contributed by atoms with Crippen LogP contribution in [0.25, 0.3) is 0 Å². The van der Waals surface area contributed by atoms with Gasteiger partial charge in [-0.2, -0.15) is 0 Å². The fourth-order valence-electron chi connectivity index (χ4n) is 3.36. The fourth-order valence-corrected chi connectivity index (χ4v) is 3.36. The third-order valence-corrected chi connectivity index (χ3v) is 4.78. The molecule has 4 rings (SSSR count). The lowest BCUT2D eigenvalue weighted by molar-refractivity contribution is -0.120. The van der Waals surface area contributed by atoms with E-state index < -0.39 is 0 Å². The van der Waals surface area contributed by atoms with Crippen molar-refractivity contribution in [1.29, 1.82) is 0 Å². The third-order valence-electron chi connectivity index (χ3n) is 4.78. The lowest BCUT2D eigenvalue weighted by Crippen LogP contribution is -2.41. The summed E-state index contributed by atoms with van der Waals surface area (Å²) in [6, 6.07) is 17.0. The Morgan fingerprint density at radius 3 is 2.71 bits per heavy atom. The molecule has 2 aromatic carbocycles. The van der Waals surface area contributed by atoms with Crippen LogP contribution in [0.15, 0.2) is 73.2 Å². The number of hydrogen-bond donors (Lipinski definition) is 1. The smallest absolute Gasteiger partial charge is 0.229 e. The van der Waals surface area contributed by atoms with Crippen molar-refractivity contribution in [3.8, 4) is 11.5 Å². The van der Waals surface area contributed by atoms with Crippen LogP contribution < -0.4 is 15.0 Å². The van der Waals surface area contributed by atoms with Gasteiger partial charge in [-0.1, -0.05) is 30.3 Å². The van der Waals surface area contributed by atoms with Crippen molar-refractivity contribution in [1.82, 2.24) is 9.97 Å². The molecular formula is C22H22N4O2. The first-order chi connectivity index (χ1) is 13.8. The van der Waals surface area contributed by atoms with Crippen LogP contribution >= 0.6 is 0 Å². The molecule has 1 aliphatic rings. The largest absolute Gasteiger partial charge is 0.455 e. The van der Waals surface area contributed by atoms with Gasteiger partial charge in [0.15, 0.2) is 5.75 Å². The Kier molecular flexibility index (Phi) is 5.47. The molecule has 0 saturated carbocycles. The average molecular weight is 374 g/mol. The van der Waals surface area contributed by atoms with Gasteiger partial charge in [-0.05, 0) is 37.1 Å². The quantitative estimate of drug-likeness (QED) is 0.727. The minimum Gasteiger partial charge on any atom is -0.455 e. The Balaban J connectivity index is 1.45. The molecule has 1 N–H and O–H groups in total. The fraction of sp³-hybridized carbons (Fsp3) is 0.227. The number of hydrogen-bond acceptors (Lipinski definition) is 5. The maximum Gasteiger partial charge on any atom is 0.229 e. The summed E-state index contributed by atoms with van der Waals surface area (Å²) in [5, 5.41) is 3.05. The molecule has 0 aliphatic carbocycles. The summed E-state index contributed by atoms with van der Waals surface area (Å²) in [6.45, 7) is 1.52. The molecule has 0 bridgehead atoms. The SMILES string of the molecule is O=C(Nc1ccccc1Oc1ccccc1)[C@@H]1CCCN(c2cnccn2)C1. The zero-order chi connectivity index (χ0) is 19.2. The lowest BCUT2D eigenvalue weighted by Gasteiger charge is -2.32. The van der Waals surface area contributed by atoms with Crippen molar-refractivity contribution in [3.05, 3.63) is 73.2 Å². The summed E-state index contributed by atoms with van der Waals surface area (Å²) in [4.78, 5) is 23.5. The van der Waals surface area contributed by atoms with E-state index in [2.05, 4.69) is 20.2 Å². The highest BCUT2D eigenvalue weighted by Gasteiger charge is 2.27. The Bertz CT molecular complexity index is 918. The molecule has 1 fully saturated rings. The summed E-state index contributed by atoms with van der Waals surface area (Å²) in [7, 11) is 0. The molecule has 0 unspecified atom stereocenters. The summed E-state index contributed by atoms with van der Waals surface area (Å²) in [5.41, 5.74) is 0.674. The van der Waals surface area contributed by atoms with Gasteiger partial charge in [0.05, 0.1) is 17.8 Å². The van der Waals surface area contributed by atoms with Crippen LogP contribution in [0.3, 0.4) is 0 Å². The number of carbonyl (C=O) groups is 1. The van der Waals surface area contributed by atoms with Crippen molar-refractivity contribution < 1.29 is 9.53 Å². The number of ether oxygens (including phenoxy) is 1. The van der Waals surface area contributed by atoms with Gasteiger partial charge in [0, 0.05) is 25.5 Å². The number of carbonyl (C=O) groups excluding carboxylic acids is 1. The average Bonchev–Trinajstić information content (AvgIpc) is 2.76. The van der Waals surface area contributed by atoms with Crippen molar-refractivity contribution >= 4 is 17.4 Å². The van der Waals surface area contributed by atoms with E-state index in [0.29, 0.717) is 18.0 Å². The van der Waals surface area contributed by atoms with E-state index in [0.717, 1.165) is 31.0 Å². The molecule has 28 heavy (non-hydrogen) atoms. The molecule has 6 nitrogen and oxygen atoms in total. The van der Waals surface area contributed by atoms with Crippen molar-refractivity contribution in [2.45, 2.75) is 12.8 Å². The van der Waals surface area contributed by atoms with Crippen LogP contribution in [0.2, 0.25) is 0 Å². The zero-order valence-electron chi connectivity index (χ0n) is 15.5. The zero-order valence-corrected chi connectivity index (χ0v) is 15.5. The van der Waals surface area contributed by atoms with Gasteiger partial charge >= 0.3 is 0 Å². The Labute approximate surface area is 164 Å². The number of nitrogens with one attached hydrogen (secondary N) is 1. The van der Waals surface area contributed by atoms with Crippen LogP contribution in [0.1, 0.15) is 12.8 Å². The molecule has 1 aliphatic heterocycles. The predicted molar refractivity (Wildman–Crippen MR) is 109 cm³/mol. The first-order valence-electron chi connectivity index (χ1n) is 9.43. The van der Waals surface area contributed by atoms with Crippen LogP contribution in [-0.2, 0) is 4.79 Å². The van der Waals surface area contributed by atoms with E-state index in [4.69, 9.17) is 4.74 Å². The first-order valence-corrected chi connectivity index (χ1v) is 9.43. The highest BCUT2D eigenvalue weighted by atomic mass is 16.5. The minimum atomic E-state index is -0.111. The molecule has 6 heteroatoms. The molecule has 1 atom stereocenters. The number of rotatable bonds is 5. The van der Waals surface area contributed by atoms with Crippen LogP contribution in [0.4, 0.5) is 11.5 Å². The second-order valence-corrected chi connectivity index (χ2v) is 6.75. The highest BCUT2D eigenvalue weighted by molar-refractivity contribution is 5.94. The van der Waals surface area contributed by atoms with Gasteiger partial charge in [-0.15, -0.1) is 0 Å². The van der Waals surface area contributed by atoms with Gasteiger partial charge in [-0.25, -0.2) is 4.98 Å². The predicted octanol–water partition coefficient (Wildman–Crippen LogP) is 4.12. The number of amides is 1. The van der Waals surface area contributed by atoms with E-state index >= 15 is 0 Å². The summed E-state index contributed by atoms with van der Waals surface area (Å²) >= 11 is 0. The molecule has 3 aromatic rings. The number of aromatic nitrogens is 2. The normalized spacial score (nSPS) is 16.4. The number of para-hydroxylation sites is 3. The molecule has 1 saturated heterocycles. The van der Waals surface area contributed by atoms with Gasteiger partial charge in [0.1, 0.15) is 11.6 Å². The first kappa shape index (κ1) is 18.0. The van der Waals surface area contributed by atoms with Crippen LogP contribution in [-0.4, -0.2) is 29.0 Å². The van der Waals surface area contributed by atoms with Crippen LogP contribution in [0.5, 0.6) is 11.5 Å². The third kappa shape index (κ3) is 4.28.